The van der Waals surface area contributed by atoms with Crippen molar-refractivity contribution in [2.45, 2.75) is 26.8 Å². The lowest BCUT2D eigenvalue weighted by molar-refractivity contribution is 0.607. The molecule has 100 valence electrons. The first-order chi connectivity index (χ1) is 8.91. The Morgan fingerprint density at radius 1 is 1.05 bits per heavy atom. The molecule has 2 aromatic carbocycles. The van der Waals surface area contributed by atoms with Gasteiger partial charge in [-0.25, -0.2) is 4.39 Å². The molecule has 0 spiro atoms. The quantitative estimate of drug-likeness (QED) is 0.862. The zero-order chi connectivity index (χ0) is 14.2. The Labute approximate surface area is 121 Å². The number of aryl methyl sites for hydroxylation is 3. The molecule has 0 saturated heterocycles. The lowest BCUT2D eigenvalue weighted by Crippen LogP contribution is -2.13. The summed E-state index contributed by atoms with van der Waals surface area (Å²) in [6.07, 6.45) is 0. The van der Waals surface area contributed by atoms with E-state index in [0.717, 1.165) is 21.2 Å². The van der Waals surface area contributed by atoms with Crippen LogP contribution in [0.4, 0.5) is 4.39 Å². The SMILES string of the molecule is Cc1cc(C(N)c2cccc(C)c2Br)cc(C)c1F. The maximum atomic E-state index is 13.7. The molecule has 3 heteroatoms. The van der Waals surface area contributed by atoms with Gasteiger partial charge in [0.2, 0.25) is 0 Å². The highest BCUT2D eigenvalue weighted by molar-refractivity contribution is 9.10. The Morgan fingerprint density at radius 2 is 1.63 bits per heavy atom. The van der Waals surface area contributed by atoms with Crippen molar-refractivity contribution >= 4 is 15.9 Å². The lowest BCUT2D eigenvalue weighted by atomic mass is 9.95. The molecule has 0 bridgehead atoms. The monoisotopic (exact) mass is 321 g/mol. The molecule has 0 aromatic heterocycles. The van der Waals surface area contributed by atoms with Gasteiger partial charge in [-0.05, 0) is 48.6 Å². The second kappa shape index (κ2) is 5.43. The Balaban J connectivity index is 2.50. The van der Waals surface area contributed by atoms with Gasteiger partial charge < -0.3 is 5.73 Å². The highest BCUT2D eigenvalue weighted by Gasteiger charge is 2.15. The first-order valence-electron chi connectivity index (χ1n) is 6.19. The summed E-state index contributed by atoms with van der Waals surface area (Å²) in [5, 5.41) is 0. The zero-order valence-corrected chi connectivity index (χ0v) is 12.9. The Bertz CT molecular complexity index is 599. The van der Waals surface area contributed by atoms with Crippen molar-refractivity contribution in [3.8, 4) is 0 Å². The van der Waals surface area contributed by atoms with Crippen molar-refractivity contribution in [1.82, 2.24) is 0 Å². The summed E-state index contributed by atoms with van der Waals surface area (Å²) in [6, 6.07) is 9.39. The minimum atomic E-state index is -0.257. The van der Waals surface area contributed by atoms with Crippen LogP contribution in [0, 0.1) is 26.6 Å². The number of hydrogen-bond acceptors (Lipinski definition) is 1. The lowest BCUT2D eigenvalue weighted by Gasteiger charge is -2.17. The topological polar surface area (TPSA) is 26.0 Å². The maximum absolute atomic E-state index is 13.7. The van der Waals surface area contributed by atoms with Crippen LogP contribution in [0.15, 0.2) is 34.8 Å². The van der Waals surface area contributed by atoms with Crippen molar-refractivity contribution in [3.05, 3.63) is 68.4 Å². The smallest absolute Gasteiger partial charge is 0.129 e. The molecular formula is C16H17BrFN. The summed E-state index contributed by atoms with van der Waals surface area (Å²) in [7, 11) is 0. The summed E-state index contributed by atoms with van der Waals surface area (Å²) >= 11 is 3.58. The van der Waals surface area contributed by atoms with Crippen LogP contribution in [-0.4, -0.2) is 0 Å². The first-order valence-corrected chi connectivity index (χ1v) is 6.98. The number of nitrogens with two attached hydrogens (primary N) is 1. The van der Waals surface area contributed by atoms with Gasteiger partial charge in [0.1, 0.15) is 5.82 Å². The molecule has 0 radical (unpaired) electrons. The molecule has 0 aliphatic carbocycles. The highest BCUT2D eigenvalue weighted by Crippen LogP contribution is 2.30. The molecule has 19 heavy (non-hydrogen) atoms. The first kappa shape index (κ1) is 14.2. The third-order valence-corrected chi connectivity index (χ3v) is 4.46. The van der Waals surface area contributed by atoms with Gasteiger partial charge in [0.15, 0.2) is 0 Å². The Hall–Kier alpha value is -1.19. The number of hydrogen-bond donors (Lipinski definition) is 1. The van der Waals surface area contributed by atoms with Gasteiger partial charge in [0.25, 0.3) is 0 Å². The van der Waals surface area contributed by atoms with Gasteiger partial charge in [-0.15, -0.1) is 0 Å². The molecule has 2 rings (SSSR count). The Kier molecular flexibility index (Phi) is 4.07. The molecule has 0 fully saturated rings. The summed E-state index contributed by atoms with van der Waals surface area (Å²) in [4.78, 5) is 0. The minimum Gasteiger partial charge on any atom is -0.320 e. The Morgan fingerprint density at radius 3 is 2.21 bits per heavy atom. The fourth-order valence-corrected chi connectivity index (χ4v) is 2.76. The molecule has 0 saturated carbocycles. The normalized spacial score (nSPS) is 12.5. The zero-order valence-electron chi connectivity index (χ0n) is 11.3. The van der Waals surface area contributed by atoms with E-state index < -0.39 is 0 Å². The summed E-state index contributed by atoms with van der Waals surface area (Å²) < 4.78 is 14.7. The molecule has 1 atom stereocenters. The van der Waals surface area contributed by atoms with Crippen LogP contribution < -0.4 is 5.73 Å². The van der Waals surface area contributed by atoms with Crippen LogP contribution in [0.25, 0.3) is 0 Å². The van der Waals surface area contributed by atoms with Gasteiger partial charge in [-0.3, -0.25) is 0 Å². The standard InChI is InChI=1S/C16H17BrFN/c1-9-5-4-6-13(14(9)17)16(19)12-7-10(2)15(18)11(3)8-12/h4-8,16H,19H2,1-3H3. The molecular weight excluding hydrogens is 305 g/mol. The predicted octanol–water partition coefficient (Wildman–Crippen LogP) is 4.56. The van der Waals surface area contributed by atoms with E-state index in [1.165, 1.54) is 0 Å². The number of rotatable bonds is 2. The van der Waals surface area contributed by atoms with E-state index >= 15 is 0 Å². The molecule has 0 aliphatic rings. The van der Waals surface area contributed by atoms with Gasteiger partial charge in [-0.1, -0.05) is 46.3 Å². The van der Waals surface area contributed by atoms with Gasteiger partial charge in [-0.2, -0.15) is 0 Å². The third kappa shape index (κ3) is 2.72. The van der Waals surface area contributed by atoms with E-state index in [4.69, 9.17) is 5.73 Å². The van der Waals surface area contributed by atoms with Crippen molar-refractivity contribution < 1.29 is 4.39 Å². The molecule has 2 N–H and O–H groups in total. The number of halogens is 2. The second-order valence-electron chi connectivity index (χ2n) is 4.92. The average Bonchev–Trinajstić information content (AvgIpc) is 2.38. The highest BCUT2D eigenvalue weighted by atomic mass is 79.9. The van der Waals surface area contributed by atoms with Crippen LogP contribution in [0.2, 0.25) is 0 Å². The minimum absolute atomic E-state index is 0.153. The maximum Gasteiger partial charge on any atom is 0.129 e. The van der Waals surface area contributed by atoms with Gasteiger partial charge in [0, 0.05) is 4.47 Å². The number of benzene rings is 2. The predicted molar refractivity (Wildman–Crippen MR) is 80.8 cm³/mol. The van der Waals surface area contributed by atoms with Crippen molar-refractivity contribution in [3.63, 3.8) is 0 Å². The molecule has 0 heterocycles. The van der Waals surface area contributed by atoms with Gasteiger partial charge in [0.05, 0.1) is 6.04 Å². The van der Waals surface area contributed by atoms with E-state index in [9.17, 15) is 4.39 Å². The van der Waals surface area contributed by atoms with E-state index in [-0.39, 0.29) is 11.9 Å². The van der Waals surface area contributed by atoms with E-state index in [1.807, 2.05) is 37.3 Å². The van der Waals surface area contributed by atoms with Gasteiger partial charge >= 0.3 is 0 Å². The average molecular weight is 322 g/mol. The fraction of sp³-hybridized carbons (Fsp3) is 0.250. The van der Waals surface area contributed by atoms with Crippen LogP contribution in [0.5, 0.6) is 0 Å². The summed E-state index contributed by atoms with van der Waals surface area (Å²) in [5.74, 6) is -0.153. The van der Waals surface area contributed by atoms with Crippen LogP contribution >= 0.6 is 15.9 Å². The van der Waals surface area contributed by atoms with E-state index in [1.54, 1.807) is 13.8 Å². The fourth-order valence-electron chi connectivity index (χ4n) is 2.25. The van der Waals surface area contributed by atoms with Crippen molar-refractivity contribution in [1.29, 1.82) is 0 Å². The van der Waals surface area contributed by atoms with Crippen LogP contribution in [-0.2, 0) is 0 Å². The van der Waals surface area contributed by atoms with Crippen molar-refractivity contribution in [2.75, 3.05) is 0 Å². The molecule has 1 nitrogen and oxygen atoms in total. The largest absolute Gasteiger partial charge is 0.320 e. The van der Waals surface area contributed by atoms with Crippen molar-refractivity contribution in [2.24, 2.45) is 5.73 Å². The molecule has 2 aromatic rings. The van der Waals surface area contributed by atoms with Crippen LogP contribution in [0.1, 0.15) is 33.9 Å². The molecule has 0 aliphatic heterocycles. The summed E-state index contributed by atoms with van der Waals surface area (Å²) in [6.45, 7) is 5.56. The summed E-state index contributed by atoms with van der Waals surface area (Å²) in [5.41, 5.74) is 10.7. The second-order valence-corrected chi connectivity index (χ2v) is 5.72. The van der Waals surface area contributed by atoms with E-state index in [2.05, 4.69) is 15.9 Å². The van der Waals surface area contributed by atoms with E-state index in [0.29, 0.717) is 11.1 Å². The molecule has 0 amide bonds. The van der Waals surface area contributed by atoms with Crippen LogP contribution in [0.3, 0.4) is 0 Å². The molecule has 1 unspecified atom stereocenters. The third-order valence-electron chi connectivity index (χ3n) is 3.37.